The molecular formula is C18H20ClN7O2. The molecule has 1 aliphatic carbocycles. The number of aromatic nitrogens is 6. The van der Waals surface area contributed by atoms with Gasteiger partial charge in [0, 0.05) is 19.2 Å². The number of hydrogen-bond donors (Lipinski definition) is 1. The topological polar surface area (TPSA) is 91.9 Å². The van der Waals surface area contributed by atoms with E-state index in [1.807, 2.05) is 10.9 Å². The molecule has 1 N–H and O–H groups in total. The number of ether oxygens (including phenoxy) is 2. The third kappa shape index (κ3) is 2.72. The molecule has 3 aliphatic rings. The molecule has 3 aromatic rings. The molecule has 1 unspecified atom stereocenters. The molecule has 2 aliphatic heterocycles. The first kappa shape index (κ1) is 16.6. The lowest BCUT2D eigenvalue weighted by molar-refractivity contribution is 0.00494. The predicted molar refractivity (Wildman–Crippen MR) is 102 cm³/mol. The molecule has 6 rings (SSSR count). The van der Waals surface area contributed by atoms with E-state index in [-0.39, 0.29) is 6.04 Å². The maximum atomic E-state index is 6.21. The van der Waals surface area contributed by atoms with Gasteiger partial charge in [-0.1, -0.05) is 11.6 Å². The van der Waals surface area contributed by atoms with Crippen LogP contribution in [0.25, 0.3) is 11.0 Å². The van der Waals surface area contributed by atoms with Crippen LogP contribution in [0.5, 0.6) is 5.88 Å². The van der Waals surface area contributed by atoms with Crippen molar-refractivity contribution in [1.82, 2.24) is 29.5 Å². The van der Waals surface area contributed by atoms with Gasteiger partial charge < -0.3 is 14.8 Å². The fourth-order valence-corrected chi connectivity index (χ4v) is 4.35. The maximum Gasteiger partial charge on any atom is 0.256 e. The van der Waals surface area contributed by atoms with E-state index in [0.717, 1.165) is 36.2 Å². The van der Waals surface area contributed by atoms with Crippen molar-refractivity contribution >= 4 is 34.3 Å². The van der Waals surface area contributed by atoms with Gasteiger partial charge in [-0.25, -0.2) is 9.67 Å². The highest BCUT2D eigenvalue weighted by atomic mass is 35.5. The Balaban J connectivity index is 1.36. The maximum absolute atomic E-state index is 6.21. The first-order chi connectivity index (χ1) is 13.7. The molecule has 3 aromatic heterocycles. The van der Waals surface area contributed by atoms with Crippen LogP contribution in [0.1, 0.15) is 31.7 Å². The lowest BCUT2D eigenvalue weighted by Gasteiger charge is -2.29. The summed E-state index contributed by atoms with van der Waals surface area (Å²) in [6.45, 7) is 2.75. The Morgan fingerprint density at radius 2 is 2.21 bits per heavy atom. The van der Waals surface area contributed by atoms with Gasteiger partial charge in [-0.05, 0) is 24.7 Å². The minimum atomic E-state index is 0.227. The molecule has 28 heavy (non-hydrogen) atoms. The van der Waals surface area contributed by atoms with Gasteiger partial charge in [0.2, 0.25) is 5.95 Å². The van der Waals surface area contributed by atoms with Crippen LogP contribution in [0.3, 0.4) is 0 Å². The highest BCUT2D eigenvalue weighted by Gasteiger charge is 2.47. The van der Waals surface area contributed by atoms with E-state index in [2.05, 4.69) is 20.4 Å². The Morgan fingerprint density at radius 3 is 3.11 bits per heavy atom. The van der Waals surface area contributed by atoms with Crippen molar-refractivity contribution < 1.29 is 9.47 Å². The van der Waals surface area contributed by atoms with Gasteiger partial charge in [-0.15, -0.1) is 5.10 Å². The summed E-state index contributed by atoms with van der Waals surface area (Å²) in [6.07, 6.45) is 8.06. The number of hydrogen-bond acceptors (Lipinski definition) is 7. The van der Waals surface area contributed by atoms with Gasteiger partial charge in [0.1, 0.15) is 5.69 Å². The molecule has 9 nitrogen and oxygen atoms in total. The predicted octanol–water partition coefficient (Wildman–Crippen LogP) is 2.94. The number of fused-ring (bicyclic) bond motifs is 2. The number of halogens is 1. The minimum absolute atomic E-state index is 0.227. The third-order valence-electron chi connectivity index (χ3n) is 5.86. The molecule has 1 spiro atoms. The van der Waals surface area contributed by atoms with Crippen LogP contribution in [0.4, 0.5) is 11.6 Å². The van der Waals surface area contributed by atoms with Gasteiger partial charge >= 0.3 is 0 Å². The van der Waals surface area contributed by atoms with Crippen molar-refractivity contribution in [2.45, 2.75) is 38.3 Å². The van der Waals surface area contributed by atoms with Crippen LogP contribution >= 0.6 is 11.6 Å². The highest BCUT2D eigenvalue weighted by molar-refractivity contribution is 6.34. The molecule has 2 fully saturated rings. The van der Waals surface area contributed by atoms with Crippen molar-refractivity contribution in [1.29, 1.82) is 0 Å². The van der Waals surface area contributed by atoms with Gasteiger partial charge in [-0.2, -0.15) is 10.1 Å². The number of nitrogens with one attached hydrogen (secondary N) is 1. The molecule has 0 radical (unpaired) electrons. The SMILES string of the molecule is Clc1nn2c3nc(ncc13)Nc1cn(C3COCC4(CC4)C3)nc1OCCC2. The Labute approximate surface area is 166 Å². The van der Waals surface area contributed by atoms with Crippen molar-refractivity contribution in [3.8, 4) is 5.88 Å². The molecule has 0 amide bonds. The summed E-state index contributed by atoms with van der Waals surface area (Å²) >= 11 is 6.21. The van der Waals surface area contributed by atoms with Crippen LogP contribution < -0.4 is 10.1 Å². The lowest BCUT2D eigenvalue weighted by Crippen LogP contribution is -2.29. The molecule has 10 heteroatoms. The monoisotopic (exact) mass is 401 g/mol. The van der Waals surface area contributed by atoms with Gasteiger partial charge in [0.15, 0.2) is 10.8 Å². The summed E-state index contributed by atoms with van der Waals surface area (Å²) in [4.78, 5) is 8.99. The average Bonchev–Trinajstić information content (AvgIpc) is 3.19. The first-order valence-electron chi connectivity index (χ1n) is 9.65. The van der Waals surface area contributed by atoms with E-state index in [9.17, 15) is 0 Å². The van der Waals surface area contributed by atoms with E-state index in [1.165, 1.54) is 12.8 Å². The molecule has 146 valence electrons. The van der Waals surface area contributed by atoms with Crippen LogP contribution in [-0.2, 0) is 11.3 Å². The normalized spacial score (nSPS) is 23.1. The van der Waals surface area contributed by atoms with Crippen LogP contribution in [0.15, 0.2) is 12.4 Å². The van der Waals surface area contributed by atoms with E-state index >= 15 is 0 Å². The van der Waals surface area contributed by atoms with Crippen molar-refractivity contribution in [2.24, 2.45) is 5.41 Å². The zero-order chi connectivity index (χ0) is 18.7. The molecule has 5 heterocycles. The summed E-state index contributed by atoms with van der Waals surface area (Å²) in [5.41, 5.74) is 1.85. The lowest BCUT2D eigenvalue weighted by atomic mass is 9.96. The third-order valence-corrected chi connectivity index (χ3v) is 6.14. The number of aryl methyl sites for hydroxylation is 1. The molecule has 1 saturated heterocycles. The minimum Gasteiger partial charge on any atom is -0.475 e. The number of anilines is 2. The van der Waals surface area contributed by atoms with E-state index in [0.29, 0.717) is 42.2 Å². The van der Waals surface area contributed by atoms with E-state index in [4.69, 9.17) is 26.2 Å². The Hall–Kier alpha value is -2.39. The Bertz CT molecular complexity index is 1060. The van der Waals surface area contributed by atoms with Crippen molar-refractivity contribution in [3.63, 3.8) is 0 Å². The Morgan fingerprint density at radius 1 is 1.29 bits per heavy atom. The second kappa shape index (κ2) is 6.05. The summed E-state index contributed by atoms with van der Waals surface area (Å²) < 4.78 is 15.6. The summed E-state index contributed by atoms with van der Waals surface area (Å²) in [7, 11) is 0. The molecule has 1 saturated carbocycles. The summed E-state index contributed by atoms with van der Waals surface area (Å²) in [6, 6.07) is 0.227. The number of rotatable bonds is 1. The van der Waals surface area contributed by atoms with E-state index < -0.39 is 0 Å². The zero-order valence-corrected chi connectivity index (χ0v) is 16.0. The van der Waals surface area contributed by atoms with Crippen molar-refractivity contribution in [2.75, 3.05) is 25.1 Å². The largest absolute Gasteiger partial charge is 0.475 e. The van der Waals surface area contributed by atoms with Crippen LogP contribution in [-0.4, -0.2) is 49.3 Å². The molecular weight excluding hydrogens is 382 g/mol. The zero-order valence-electron chi connectivity index (χ0n) is 15.3. The highest BCUT2D eigenvalue weighted by Crippen LogP contribution is 2.53. The second-order valence-electron chi connectivity index (χ2n) is 7.97. The van der Waals surface area contributed by atoms with Crippen molar-refractivity contribution in [3.05, 3.63) is 17.5 Å². The molecule has 2 bridgehead atoms. The average molecular weight is 402 g/mol. The molecule has 1 atom stereocenters. The fourth-order valence-electron chi connectivity index (χ4n) is 4.12. The smallest absolute Gasteiger partial charge is 0.256 e. The van der Waals surface area contributed by atoms with Gasteiger partial charge in [-0.3, -0.25) is 4.68 Å². The standard InChI is InChI=1S/C18H20ClN7O2/c19-14-12-7-20-17-21-13-8-26(11-6-18(2-3-18)10-27-9-11)24-16(13)28-5-1-4-25(23-14)15(12)22-17/h7-8,11H,1-6,9-10H2,(H,20,21,22). The second-order valence-corrected chi connectivity index (χ2v) is 8.33. The fraction of sp³-hybridized carbons (Fsp3) is 0.556. The quantitative estimate of drug-likeness (QED) is 0.670. The van der Waals surface area contributed by atoms with Crippen LogP contribution in [0.2, 0.25) is 5.15 Å². The van der Waals surface area contributed by atoms with Crippen LogP contribution in [0, 0.1) is 5.41 Å². The summed E-state index contributed by atoms with van der Waals surface area (Å²) in [5, 5.41) is 13.5. The van der Waals surface area contributed by atoms with Gasteiger partial charge in [0.25, 0.3) is 5.88 Å². The van der Waals surface area contributed by atoms with Gasteiger partial charge in [0.05, 0.1) is 37.4 Å². The summed E-state index contributed by atoms with van der Waals surface area (Å²) in [5.74, 6) is 1.03. The molecule has 0 aromatic carbocycles. The Kier molecular flexibility index (Phi) is 3.58. The first-order valence-corrected chi connectivity index (χ1v) is 10.0. The van der Waals surface area contributed by atoms with E-state index in [1.54, 1.807) is 10.9 Å². The number of nitrogens with zero attached hydrogens (tertiary/aromatic N) is 6.